The van der Waals surface area contributed by atoms with Crippen LogP contribution >= 0.6 is 0 Å². The quantitative estimate of drug-likeness (QED) is 0.825. The second-order valence-corrected chi connectivity index (χ2v) is 5.63. The number of nitrogens with zero attached hydrogens (tertiary/aromatic N) is 1. The first-order chi connectivity index (χ1) is 11.3. The lowest BCUT2D eigenvalue weighted by Crippen LogP contribution is -2.43. The SMILES string of the molecule is CCN1CCC[C@H]1CNC(=O)C(=O)Nc1ccccc1C(F)(F)F. The molecule has 1 aromatic rings. The molecule has 132 valence electrons. The summed E-state index contributed by atoms with van der Waals surface area (Å²) in [5.41, 5.74) is -1.42. The van der Waals surface area contributed by atoms with Gasteiger partial charge in [0.25, 0.3) is 0 Å². The second-order valence-electron chi connectivity index (χ2n) is 5.63. The maximum Gasteiger partial charge on any atom is 0.418 e. The van der Waals surface area contributed by atoms with E-state index in [2.05, 4.69) is 10.2 Å². The fourth-order valence-electron chi connectivity index (χ4n) is 2.85. The molecule has 0 radical (unpaired) electrons. The van der Waals surface area contributed by atoms with E-state index >= 15 is 0 Å². The number of carbonyl (C=O) groups is 2. The highest BCUT2D eigenvalue weighted by atomic mass is 19.4. The molecule has 1 aliphatic rings. The summed E-state index contributed by atoms with van der Waals surface area (Å²) in [5, 5.41) is 4.53. The second kappa shape index (κ2) is 7.65. The number of alkyl halides is 3. The highest BCUT2D eigenvalue weighted by Gasteiger charge is 2.34. The number of likely N-dealkylation sites (N-methyl/N-ethyl adjacent to an activating group) is 1. The Hall–Kier alpha value is -2.09. The number of anilines is 1. The number of amides is 2. The van der Waals surface area contributed by atoms with Crippen molar-refractivity contribution in [1.29, 1.82) is 0 Å². The van der Waals surface area contributed by atoms with Crippen molar-refractivity contribution < 1.29 is 22.8 Å². The van der Waals surface area contributed by atoms with Crippen LogP contribution in [0.5, 0.6) is 0 Å². The van der Waals surface area contributed by atoms with Crippen LogP contribution in [-0.4, -0.2) is 42.4 Å². The van der Waals surface area contributed by atoms with Crippen LogP contribution in [0.1, 0.15) is 25.3 Å². The van der Waals surface area contributed by atoms with E-state index in [4.69, 9.17) is 0 Å². The average Bonchev–Trinajstić information content (AvgIpc) is 2.99. The Morgan fingerprint density at radius 3 is 2.62 bits per heavy atom. The van der Waals surface area contributed by atoms with Crippen molar-refractivity contribution in [3.8, 4) is 0 Å². The number of hydrogen-bond acceptors (Lipinski definition) is 3. The zero-order valence-corrected chi connectivity index (χ0v) is 13.3. The molecule has 1 atom stereocenters. The van der Waals surface area contributed by atoms with Gasteiger partial charge in [-0.1, -0.05) is 19.1 Å². The highest BCUT2D eigenvalue weighted by molar-refractivity contribution is 6.39. The first-order valence-corrected chi connectivity index (χ1v) is 7.82. The third-order valence-corrected chi connectivity index (χ3v) is 4.09. The maximum atomic E-state index is 12.9. The molecule has 0 aliphatic carbocycles. The van der Waals surface area contributed by atoms with Gasteiger partial charge < -0.3 is 10.6 Å². The van der Waals surface area contributed by atoms with Gasteiger partial charge in [-0.2, -0.15) is 13.2 Å². The number of rotatable bonds is 4. The van der Waals surface area contributed by atoms with Gasteiger partial charge in [-0.05, 0) is 38.1 Å². The molecule has 0 unspecified atom stereocenters. The van der Waals surface area contributed by atoms with Gasteiger partial charge in [0.05, 0.1) is 11.3 Å². The van der Waals surface area contributed by atoms with Gasteiger partial charge in [0.1, 0.15) is 0 Å². The smallest absolute Gasteiger partial charge is 0.346 e. The lowest BCUT2D eigenvalue weighted by atomic mass is 10.1. The summed E-state index contributed by atoms with van der Waals surface area (Å²) in [6.07, 6.45) is -2.65. The summed E-state index contributed by atoms with van der Waals surface area (Å²) >= 11 is 0. The van der Waals surface area contributed by atoms with E-state index in [-0.39, 0.29) is 6.04 Å². The molecule has 1 fully saturated rings. The number of benzene rings is 1. The Bertz CT molecular complexity index is 604. The number of carbonyl (C=O) groups excluding carboxylic acids is 2. The van der Waals surface area contributed by atoms with Crippen LogP contribution in [0.4, 0.5) is 18.9 Å². The molecule has 2 rings (SSSR count). The molecule has 0 bridgehead atoms. The molecular formula is C16H20F3N3O2. The predicted molar refractivity (Wildman–Crippen MR) is 83.4 cm³/mol. The van der Waals surface area contributed by atoms with Crippen molar-refractivity contribution >= 4 is 17.5 Å². The van der Waals surface area contributed by atoms with E-state index in [0.717, 1.165) is 38.1 Å². The Balaban J connectivity index is 1.94. The van der Waals surface area contributed by atoms with Gasteiger partial charge in [-0.15, -0.1) is 0 Å². The monoisotopic (exact) mass is 343 g/mol. The summed E-state index contributed by atoms with van der Waals surface area (Å²) in [6.45, 7) is 4.12. The van der Waals surface area contributed by atoms with E-state index < -0.39 is 29.2 Å². The molecule has 8 heteroatoms. The van der Waals surface area contributed by atoms with Gasteiger partial charge in [0, 0.05) is 12.6 Å². The van der Waals surface area contributed by atoms with Crippen LogP contribution < -0.4 is 10.6 Å². The van der Waals surface area contributed by atoms with Crippen LogP contribution in [0.25, 0.3) is 0 Å². The molecule has 1 heterocycles. The van der Waals surface area contributed by atoms with E-state index in [9.17, 15) is 22.8 Å². The zero-order valence-electron chi connectivity index (χ0n) is 13.3. The number of nitrogens with one attached hydrogen (secondary N) is 2. The van der Waals surface area contributed by atoms with Crippen molar-refractivity contribution in [1.82, 2.24) is 10.2 Å². The zero-order chi connectivity index (χ0) is 17.7. The molecule has 5 nitrogen and oxygen atoms in total. The van der Waals surface area contributed by atoms with Crippen LogP contribution in [0.2, 0.25) is 0 Å². The summed E-state index contributed by atoms with van der Waals surface area (Å²) in [7, 11) is 0. The van der Waals surface area contributed by atoms with E-state index in [1.54, 1.807) is 0 Å². The van der Waals surface area contributed by atoms with Gasteiger partial charge in [0.15, 0.2) is 0 Å². The number of para-hydroxylation sites is 1. The summed E-state index contributed by atoms with van der Waals surface area (Å²) < 4.78 is 38.6. The first kappa shape index (κ1) is 18.3. The van der Waals surface area contributed by atoms with Crippen LogP contribution in [-0.2, 0) is 15.8 Å². The first-order valence-electron chi connectivity index (χ1n) is 7.82. The third-order valence-electron chi connectivity index (χ3n) is 4.09. The molecule has 0 aromatic heterocycles. The summed E-state index contributed by atoms with van der Waals surface area (Å²) in [6, 6.07) is 4.71. The van der Waals surface area contributed by atoms with E-state index in [1.807, 2.05) is 12.2 Å². The molecule has 0 spiro atoms. The van der Waals surface area contributed by atoms with Gasteiger partial charge in [-0.3, -0.25) is 14.5 Å². The minimum absolute atomic E-state index is 0.161. The molecule has 2 amide bonds. The minimum Gasteiger partial charge on any atom is -0.346 e. The lowest BCUT2D eigenvalue weighted by Gasteiger charge is -2.22. The standard InChI is InChI=1S/C16H20F3N3O2/c1-2-22-9-5-6-11(22)10-20-14(23)15(24)21-13-8-4-3-7-12(13)16(17,18)19/h3-4,7-8,11H,2,5-6,9-10H2,1H3,(H,20,23)(H,21,24)/t11-/m0/s1. The minimum atomic E-state index is -4.61. The largest absolute Gasteiger partial charge is 0.418 e. The number of likely N-dealkylation sites (tertiary alicyclic amines) is 1. The van der Waals surface area contributed by atoms with Gasteiger partial charge in [0.2, 0.25) is 0 Å². The van der Waals surface area contributed by atoms with Gasteiger partial charge in [-0.25, -0.2) is 0 Å². The maximum absolute atomic E-state index is 12.9. The molecule has 1 aromatic carbocycles. The molecule has 0 saturated carbocycles. The Kier molecular flexibility index (Phi) is 5.82. The third kappa shape index (κ3) is 4.47. The van der Waals surface area contributed by atoms with Crippen LogP contribution in [0.15, 0.2) is 24.3 Å². The Morgan fingerprint density at radius 2 is 1.96 bits per heavy atom. The predicted octanol–water partition coefficient (Wildman–Crippen LogP) is 2.24. The molecular weight excluding hydrogens is 323 g/mol. The van der Waals surface area contributed by atoms with E-state index in [1.165, 1.54) is 12.1 Å². The fourth-order valence-corrected chi connectivity index (χ4v) is 2.85. The summed E-state index contributed by atoms with van der Waals surface area (Å²) in [4.78, 5) is 25.9. The normalized spacial score (nSPS) is 18.4. The summed E-state index contributed by atoms with van der Waals surface area (Å²) in [5.74, 6) is -2.04. The lowest BCUT2D eigenvalue weighted by molar-refractivity contribution is -0.138. The molecule has 1 aliphatic heterocycles. The number of halogens is 3. The van der Waals surface area contributed by atoms with Crippen molar-refractivity contribution in [3.63, 3.8) is 0 Å². The number of hydrogen-bond donors (Lipinski definition) is 2. The van der Waals surface area contributed by atoms with Crippen LogP contribution in [0, 0.1) is 0 Å². The van der Waals surface area contributed by atoms with E-state index in [0.29, 0.717) is 6.54 Å². The van der Waals surface area contributed by atoms with Crippen molar-refractivity contribution in [2.75, 3.05) is 25.0 Å². The van der Waals surface area contributed by atoms with Crippen LogP contribution in [0.3, 0.4) is 0 Å². The fraction of sp³-hybridized carbons (Fsp3) is 0.500. The molecule has 2 N–H and O–H groups in total. The Morgan fingerprint density at radius 1 is 1.25 bits per heavy atom. The Labute approximate surface area is 138 Å². The molecule has 1 saturated heterocycles. The van der Waals surface area contributed by atoms with Crippen molar-refractivity contribution in [2.45, 2.75) is 32.0 Å². The van der Waals surface area contributed by atoms with Gasteiger partial charge >= 0.3 is 18.0 Å². The van der Waals surface area contributed by atoms with Crippen molar-refractivity contribution in [2.24, 2.45) is 0 Å². The topological polar surface area (TPSA) is 61.4 Å². The molecule has 24 heavy (non-hydrogen) atoms. The van der Waals surface area contributed by atoms with Crippen molar-refractivity contribution in [3.05, 3.63) is 29.8 Å². The average molecular weight is 343 g/mol. The highest BCUT2D eigenvalue weighted by Crippen LogP contribution is 2.34.